The van der Waals surface area contributed by atoms with E-state index in [-0.39, 0.29) is 18.2 Å². The number of hydrogen-bond acceptors (Lipinski definition) is 5. The molecule has 2 rings (SSSR count). The highest BCUT2D eigenvalue weighted by Crippen LogP contribution is 2.41. The van der Waals surface area contributed by atoms with Crippen LogP contribution < -0.4 is 9.47 Å². The number of ether oxygens (including phenoxy) is 3. The molecule has 0 N–H and O–H groups in total. The fourth-order valence-electron chi connectivity index (χ4n) is 2.80. The number of carbonyl (C=O) groups excluding carboxylic acids is 2. The van der Waals surface area contributed by atoms with Crippen LogP contribution in [0.3, 0.4) is 0 Å². The van der Waals surface area contributed by atoms with Gasteiger partial charge in [-0.15, -0.1) is 0 Å². The number of Topliss-reactive ketones (excluding diaryl/α,β-unsaturated/α-hetero) is 1. The second-order valence-electron chi connectivity index (χ2n) is 4.90. The van der Waals surface area contributed by atoms with E-state index in [1.165, 1.54) is 0 Å². The SMILES string of the molecule is CCOC(=O)CC1C(=O)CCc2c1ccc(OC)c2OC. The van der Waals surface area contributed by atoms with E-state index in [1.807, 2.05) is 6.07 Å². The van der Waals surface area contributed by atoms with Crippen molar-refractivity contribution in [2.75, 3.05) is 20.8 Å². The quantitative estimate of drug-likeness (QED) is 0.779. The van der Waals surface area contributed by atoms with Gasteiger partial charge < -0.3 is 14.2 Å². The molecule has 0 amide bonds. The second kappa shape index (κ2) is 6.61. The monoisotopic (exact) mass is 292 g/mol. The summed E-state index contributed by atoms with van der Waals surface area (Å²) in [4.78, 5) is 23.9. The van der Waals surface area contributed by atoms with E-state index in [1.54, 1.807) is 27.2 Å². The topological polar surface area (TPSA) is 61.8 Å². The molecule has 5 nitrogen and oxygen atoms in total. The minimum atomic E-state index is -0.451. The Labute approximate surface area is 124 Å². The number of esters is 1. The summed E-state index contributed by atoms with van der Waals surface area (Å²) in [5.74, 6) is 0.561. The third kappa shape index (κ3) is 3.01. The first kappa shape index (κ1) is 15.4. The van der Waals surface area contributed by atoms with Gasteiger partial charge in [-0.25, -0.2) is 0 Å². The molecule has 0 heterocycles. The van der Waals surface area contributed by atoms with Gasteiger partial charge in [0.1, 0.15) is 5.78 Å². The molecule has 0 fully saturated rings. The first-order valence-electron chi connectivity index (χ1n) is 7.04. The van der Waals surface area contributed by atoms with Crippen LogP contribution in [-0.2, 0) is 20.7 Å². The molecule has 0 bridgehead atoms. The highest BCUT2D eigenvalue weighted by Gasteiger charge is 2.32. The standard InChI is InChI=1S/C16H20O5/c1-4-21-15(18)9-12-10-6-8-14(19-2)16(20-3)11(10)5-7-13(12)17/h6,8,12H,4-5,7,9H2,1-3H3. The van der Waals surface area contributed by atoms with Crippen LogP contribution in [0.2, 0.25) is 0 Å². The van der Waals surface area contributed by atoms with Crippen LogP contribution in [-0.4, -0.2) is 32.6 Å². The van der Waals surface area contributed by atoms with Crippen LogP contribution in [0.15, 0.2) is 12.1 Å². The molecule has 0 spiro atoms. The summed E-state index contributed by atoms with van der Waals surface area (Å²) in [6.07, 6.45) is 1.09. The fourth-order valence-corrected chi connectivity index (χ4v) is 2.80. The Morgan fingerprint density at radius 1 is 1.24 bits per heavy atom. The van der Waals surface area contributed by atoms with Gasteiger partial charge in [-0.2, -0.15) is 0 Å². The van der Waals surface area contributed by atoms with Crippen molar-refractivity contribution in [1.82, 2.24) is 0 Å². The largest absolute Gasteiger partial charge is 0.493 e. The molecule has 0 saturated heterocycles. The Hall–Kier alpha value is -2.04. The van der Waals surface area contributed by atoms with E-state index in [0.717, 1.165) is 11.1 Å². The van der Waals surface area contributed by atoms with Crippen molar-refractivity contribution in [3.05, 3.63) is 23.3 Å². The van der Waals surface area contributed by atoms with Crippen LogP contribution in [0.1, 0.15) is 36.8 Å². The summed E-state index contributed by atoms with van der Waals surface area (Å²) in [6.45, 7) is 2.07. The number of rotatable bonds is 5. The molecule has 1 aromatic carbocycles. The van der Waals surface area contributed by atoms with Crippen LogP contribution in [0, 0.1) is 0 Å². The third-order valence-corrected chi connectivity index (χ3v) is 3.75. The van der Waals surface area contributed by atoms with Gasteiger partial charge in [0.05, 0.1) is 33.2 Å². The summed E-state index contributed by atoms with van der Waals surface area (Å²) in [5, 5.41) is 0. The molecule has 1 aliphatic rings. The van der Waals surface area contributed by atoms with Crippen molar-refractivity contribution in [2.24, 2.45) is 0 Å². The molecule has 1 unspecified atom stereocenters. The zero-order valence-electron chi connectivity index (χ0n) is 12.6. The maximum atomic E-state index is 12.2. The molecule has 1 atom stereocenters. The van der Waals surface area contributed by atoms with Crippen LogP contribution >= 0.6 is 0 Å². The Kier molecular flexibility index (Phi) is 4.83. The molecular weight excluding hydrogens is 272 g/mol. The Balaban J connectivity index is 2.39. The van der Waals surface area contributed by atoms with E-state index < -0.39 is 5.92 Å². The number of carbonyl (C=O) groups is 2. The van der Waals surface area contributed by atoms with Crippen molar-refractivity contribution in [3.8, 4) is 11.5 Å². The van der Waals surface area contributed by atoms with E-state index >= 15 is 0 Å². The van der Waals surface area contributed by atoms with Gasteiger partial charge in [0.25, 0.3) is 0 Å². The van der Waals surface area contributed by atoms with Gasteiger partial charge in [-0.1, -0.05) is 6.07 Å². The van der Waals surface area contributed by atoms with E-state index in [2.05, 4.69) is 0 Å². The summed E-state index contributed by atoms with van der Waals surface area (Å²) >= 11 is 0. The summed E-state index contributed by atoms with van der Waals surface area (Å²) in [6, 6.07) is 3.62. The lowest BCUT2D eigenvalue weighted by molar-refractivity contribution is -0.145. The molecule has 5 heteroatoms. The van der Waals surface area contributed by atoms with E-state index in [9.17, 15) is 9.59 Å². The van der Waals surface area contributed by atoms with Crippen LogP contribution in [0.5, 0.6) is 11.5 Å². The number of fused-ring (bicyclic) bond motifs is 1. The van der Waals surface area contributed by atoms with Gasteiger partial charge in [-0.05, 0) is 25.0 Å². The first-order chi connectivity index (χ1) is 10.1. The molecule has 114 valence electrons. The average Bonchev–Trinajstić information content (AvgIpc) is 2.49. The number of methoxy groups -OCH3 is 2. The molecule has 0 aromatic heterocycles. The van der Waals surface area contributed by atoms with Crippen LogP contribution in [0.4, 0.5) is 0 Å². The van der Waals surface area contributed by atoms with Gasteiger partial charge in [0.15, 0.2) is 11.5 Å². The molecule has 0 radical (unpaired) electrons. The average molecular weight is 292 g/mol. The second-order valence-corrected chi connectivity index (χ2v) is 4.90. The predicted octanol–water partition coefficient (Wildman–Crippen LogP) is 2.26. The maximum Gasteiger partial charge on any atom is 0.306 e. The highest BCUT2D eigenvalue weighted by atomic mass is 16.5. The zero-order chi connectivity index (χ0) is 15.4. The van der Waals surface area contributed by atoms with Gasteiger partial charge in [-0.3, -0.25) is 9.59 Å². The number of hydrogen-bond donors (Lipinski definition) is 0. The lowest BCUT2D eigenvalue weighted by Crippen LogP contribution is -2.24. The smallest absolute Gasteiger partial charge is 0.306 e. The minimum Gasteiger partial charge on any atom is -0.493 e. The van der Waals surface area contributed by atoms with E-state index in [4.69, 9.17) is 14.2 Å². The summed E-state index contributed by atoms with van der Waals surface area (Å²) in [5.41, 5.74) is 1.79. The van der Waals surface area contributed by atoms with Crippen molar-refractivity contribution >= 4 is 11.8 Å². The molecular formula is C16H20O5. The first-order valence-corrected chi connectivity index (χ1v) is 7.04. The van der Waals surface area contributed by atoms with Gasteiger partial charge in [0, 0.05) is 12.0 Å². The van der Waals surface area contributed by atoms with Gasteiger partial charge in [0.2, 0.25) is 0 Å². The van der Waals surface area contributed by atoms with Gasteiger partial charge >= 0.3 is 5.97 Å². The van der Waals surface area contributed by atoms with Crippen molar-refractivity contribution in [2.45, 2.75) is 32.1 Å². The number of ketones is 1. The Morgan fingerprint density at radius 2 is 2.00 bits per heavy atom. The third-order valence-electron chi connectivity index (χ3n) is 3.75. The minimum absolute atomic E-state index is 0.0720. The Morgan fingerprint density at radius 3 is 2.62 bits per heavy atom. The predicted molar refractivity (Wildman–Crippen MR) is 76.9 cm³/mol. The van der Waals surface area contributed by atoms with Crippen molar-refractivity contribution in [3.63, 3.8) is 0 Å². The lowest BCUT2D eigenvalue weighted by atomic mass is 9.79. The van der Waals surface area contributed by atoms with Crippen molar-refractivity contribution in [1.29, 1.82) is 0 Å². The molecule has 1 aliphatic carbocycles. The number of benzene rings is 1. The molecule has 1 aromatic rings. The fraction of sp³-hybridized carbons (Fsp3) is 0.500. The highest BCUT2D eigenvalue weighted by molar-refractivity contribution is 5.92. The zero-order valence-corrected chi connectivity index (χ0v) is 12.6. The molecule has 21 heavy (non-hydrogen) atoms. The van der Waals surface area contributed by atoms with E-state index in [0.29, 0.717) is 30.9 Å². The molecule has 0 aliphatic heterocycles. The Bertz CT molecular complexity index is 550. The maximum absolute atomic E-state index is 12.2. The summed E-state index contributed by atoms with van der Waals surface area (Å²) in [7, 11) is 3.16. The summed E-state index contributed by atoms with van der Waals surface area (Å²) < 4.78 is 15.7. The van der Waals surface area contributed by atoms with Crippen molar-refractivity contribution < 1.29 is 23.8 Å². The van der Waals surface area contributed by atoms with Crippen LogP contribution in [0.25, 0.3) is 0 Å². The normalized spacial score (nSPS) is 17.1. The molecule has 0 saturated carbocycles. The lowest BCUT2D eigenvalue weighted by Gasteiger charge is -2.26.